The van der Waals surface area contributed by atoms with Crippen LogP contribution in [0.2, 0.25) is 0 Å². The number of aromatic nitrogens is 1. The highest BCUT2D eigenvalue weighted by Gasteiger charge is 2.35. The Kier molecular flexibility index (Phi) is 16.7. The second-order valence-corrected chi connectivity index (χ2v) is 17.7. The van der Waals surface area contributed by atoms with Gasteiger partial charge in [0.2, 0.25) is 17.7 Å². The Morgan fingerprint density at radius 1 is 0.585 bits per heavy atom. The van der Waals surface area contributed by atoms with Crippen molar-refractivity contribution in [3.8, 4) is 23.3 Å². The third-order valence-electron chi connectivity index (χ3n) is 11.0. The number of hydrogen-bond acceptors (Lipinski definition) is 5. The second-order valence-electron chi connectivity index (χ2n) is 17.7. The molecule has 0 saturated heterocycles. The van der Waals surface area contributed by atoms with Crippen molar-refractivity contribution in [2.75, 3.05) is 5.43 Å². The van der Waals surface area contributed by atoms with E-state index < -0.39 is 11.3 Å². The minimum Gasteiger partial charge on any atom is -0.508 e. The number of carbonyl (C=O) groups excluding carboxylic acids is 1. The summed E-state index contributed by atoms with van der Waals surface area (Å²) >= 11 is 0. The standard InChI is InChI=1S/C46H72N2O5/c1-9-10-11-12-13-14-15-16-17-18-19-20-21-22-23-24-25-34-30-42(52)48(43(34)53)47-41(51)33-46(8,35-26-28-39(49)37(31-35)44(2,3)4)36-27-29-40(50)38(32-36)45(5,6)7/h26-32,49-50,52-53H,9-25,33H2,1-8H3,(H,47,51). The van der Waals surface area contributed by atoms with Crippen LogP contribution in [-0.4, -0.2) is 31.0 Å². The van der Waals surface area contributed by atoms with Crippen LogP contribution in [0.3, 0.4) is 0 Å². The van der Waals surface area contributed by atoms with Gasteiger partial charge in [-0.1, -0.05) is 176 Å². The van der Waals surface area contributed by atoms with E-state index in [4.69, 9.17) is 0 Å². The Morgan fingerprint density at radius 3 is 1.38 bits per heavy atom. The van der Waals surface area contributed by atoms with Crippen molar-refractivity contribution in [2.24, 2.45) is 0 Å². The van der Waals surface area contributed by atoms with Crippen LogP contribution in [0.25, 0.3) is 0 Å². The summed E-state index contributed by atoms with van der Waals surface area (Å²) in [6, 6.07) is 12.5. The zero-order valence-electron chi connectivity index (χ0n) is 34.4. The number of carbonyl (C=O) groups is 1. The molecule has 1 heterocycles. The Labute approximate surface area is 321 Å². The Balaban J connectivity index is 1.59. The highest BCUT2D eigenvalue weighted by Crippen LogP contribution is 2.43. The molecule has 3 rings (SSSR count). The first kappa shape index (κ1) is 43.8. The molecule has 0 atom stereocenters. The molecule has 53 heavy (non-hydrogen) atoms. The smallest absolute Gasteiger partial charge is 0.240 e. The first-order valence-corrected chi connectivity index (χ1v) is 20.6. The highest BCUT2D eigenvalue weighted by molar-refractivity contribution is 5.86. The van der Waals surface area contributed by atoms with Crippen molar-refractivity contribution < 1.29 is 25.2 Å². The monoisotopic (exact) mass is 733 g/mol. The molecular weight excluding hydrogens is 661 g/mol. The van der Waals surface area contributed by atoms with Crippen LogP contribution in [0.15, 0.2) is 42.5 Å². The summed E-state index contributed by atoms with van der Waals surface area (Å²) in [4.78, 5) is 13.9. The summed E-state index contributed by atoms with van der Waals surface area (Å²) in [5.41, 5.74) is 4.94. The summed E-state index contributed by atoms with van der Waals surface area (Å²) in [5.74, 6) is -0.402. The number of nitrogens with zero attached hydrogens (tertiary/aromatic N) is 1. The normalized spacial score (nSPS) is 12.4. The predicted octanol–water partition coefficient (Wildman–Crippen LogP) is 12.2. The van der Waals surface area contributed by atoms with Crippen molar-refractivity contribution in [2.45, 2.75) is 187 Å². The lowest BCUT2D eigenvalue weighted by atomic mass is 9.70. The molecule has 296 valence electrons. The molecular formula is C46H72N2O5. The quantitative estimate of drug-likeness (QED) is 0.0660. The molecule has 0 unspecified atom stereocenters. The third kappa shape index (κ3) is 13.0. The summed E-state index contributed by atoms with van der Waals surface area (Å²) in [7, 11) is 0. The topological polar surface area (TPSA) is 115 Å². The third-order valence-corrected chi connectivity index (χ3v) is 11.0. The van der Waals surface area contributed by atoms with Gasteiger partial charge in [0.15, 0.2) is 0 Å². The molecule has 0 aliphatic carbocycles. The van der Waals surface area contributed by atoms with Gasteiger partial charge in [0.1, 0.15) is 11.5 Å². The minimum absolute atomic E-state index is 0.0266. The van der Waals surface area contributed by atoms with E-state index in [1.165, 1.54) is 89.5 Å². The van der Waals surface area contributed by atoms with E-state index in [2.05, 4.69) is 12.3 Å². The number of aryl methyl sites for hydroxylation is 1. The van der Waals surface area contributed by atoms with Crippen molar-refractivity contribution in [3.05, 3.63) is 70.3 Å². The molecule has 0 fully saturated rings. The van der Waals surface area contributed by atoms with Gasteiger partial charge in [-0.15, -0.1) is 0 Å². The molecule has 0 aliphatic heterocycles. The Morgan fingerprint density at radius 2 is 0.981 bits per heavy atom. The number of aromatic hydroxyl groups is 4. The number of amides is 1. The van der Waals surface area contributed by atoms with E-state index in [1.807, 2.05) is 72.7 Å². The van der Waals surface area contributed by atoms with E-state index in [9.17, 15) is 25.2 Å². The molecule has 0 saturated carbocycles. The summed E-state index contributed by atoms with van der Waals surface area (Å²) < 4.78 is 1.07. The molecule has 7 heteroatoms. The van der Waals surface area contributed by atoms with Crippen molar-refractivity contribution >= 4 is 5.91 Å². The number of phenols is 2. The zero-order valence-corrected chi connectivity index (χ0v) is 34.4. The maximum Gasteiger partial charge on any atom is 0.240 e. The molecule has 1 aromatic heterocycles. The van der Waals surface area contributed by atoms with Crippen LogP contribution >= 0.6 is 0 Å². The molecule has 0 radical (unpaired) electrons. The van der Waals surface area contributed by atoms with Crippen LogP contribution in [0.1, 0.15) is 192 Å². The number of benzene rings is 2. The van der Waals surface area contributed by atoms with E-state index in [0.717, 1.165) is 46.2 Å². The molecule has 0 aliphatic rings. The van der Waals surface area contributed by atoms with Crippen molar-refractivity contribution in [3.63, 3.8) is 0 Å². The maximum atomic E-state index is 13.9. The van der Waals surface area contributed by atoms with Gasteiger partial charge >= 0.3 is 0 Å². The predicted molar refractivity (Wildman–Crippen MR) is 220 cm³/mol. The molecule has 5 N–H and O–H groups in total. The first-order valence-electron chi connectivity index (χ1n) is 20.6. The van der Waals surface area contributed by atoms with Crippen LogP contribution in [0, 0.1) is 0 Å². The fourth-order valence-corrected chi connectivity index (χ4v) is 7.51. The van der Waals surface area contributed by atoms with Gasteiger partial charge in [0, 0.05) is 23.5 Å². The van der Waals surface area contributed by atoms with Gasteiger partial charge in [-0.2, -0.15) is 4.68 Å². The molecule has 0 spiro atoms. The summed E-state index contributed by atoms with van der Waals surface area (Å²) in [6.07, 6.45) is 21.2. The molecule has 7 nitrogen and oxygen atoms in total. The molecule has 0 bridgehead atoms. The lowest BCUT2D eigenvalue weighted by Crippen LogP contribution is -2.33. The van der Waals surface area contributed by atoms with Gasteiger partial charge in [-0.3, -0.25) is 10.2 Å². The average Bonchev–Trinajstić information content (AvgIpc) is 3.34. The minimum atomic E-state index is -0.889. The second kappa shape index (κ2) is 20.2. The van der Waals surface area contributed by atoms with Crippen LogP contribution in [0.4, 0.5) is 0 Å². The Bertz CT molecular complexity index is 1510. The molecule has 1 amide bonds. The Hall–Kier alpha value is -3.61. The SMILES string of the molecule is CCCCCCCCCCCCCCCCCCc1cc(O)n(NC(=O)CC(C)(c2ccc(O)c(C(C)(C)C)c2)c2ccc(O)c(C(C)(C)C)c2)c1O. The maximum absolute atomic E-state index is 13.9. The van der Waals surface area contributed by atoms with Gasteiger partial charge < -0.3 is 20.4 Å². The van der Waals surface area contributed by atoms with Gasteiger partial charge in [0.25, 0.3) is 0 Å². The fraction of sp³-hybridized carbons (Fsp3) is 0.630. The van der Waals surface area contributed by atoms with E-state index in [0.29, 0.717) is 12.0 Å². The van der Waals surface area contributed by atoms with E-state index in [1.54, 1.807) is 12.1 Å². The van der Waals surface area contributed by atoms with E-state index in [-0.39, 0.29) is 40.5 Å². The van der Waals surface area contributed by atoms with Crippen LogP contribution < -0.4 is 5.43 Å². The lowest BCUT2D eigenvalue weighted by Gasteiger charge is -2.34. The molecule has 3 aromatic rings. The van der Waals surface area contributed by atoms with Gasteiger partial charge in [-0.05, 0) is 58.1 Å². The van der Waals surface area contributed by atoms with Gasteiger partial charge in [0.05, 0.1) is 0 Å². The highest BCUT2D eigenvalue weighted by atomic mass is 16.3. The number of nitrogens with one attached hydrogen (secondary N) is 1. The van der Waals surface area contributed by atoms with Crippen molar-refractivity contribution in [1.82, 2.24) is 4.68 Å². The number of rotatable bonds is 22. The number of hydrogen-bond donors (Lipinski definition) is 5. The summed E-state index contributed by atoms with van der Waals surface area (Å²) in [5, 5.41) is 43.3. The number of phenolic OH excluding ortho intramolecular Hbond substituents is 2. The van der Waals surface area contributed by atoms with Crippen LogP contribution in [0.5, 0.6) is 23.3 Å². The summed E-state index contributed by atoms with van der Waals surface area (Å²) in [6.45, 7) is 16.4. The van der Waals surface area contributed by atoms with Crippen molar-refractivity contribution in [1.29, 1.82) is 0 Å². The lowest BCUT2D eigenvalue weighted by molar-refractivity contribution is -0.118. The zero-order chi connectivity index (χ0) is 39.2. The van der Waals surface area contributed by atoms with Crippen LogP contribution in [-0.2, 0) is 27.5 Å². The molecule has 2 aromatic carbocycles. The largest absolute Gasteiger partial charge is 0.508 e. The average molecular weight is 733 g/mol. The fourth-order valence-electron chi connectivity index (χ4n) is 7.51. The van der Waals surface area contributed by atoms with Gasteiger partial charge in [-0.25, -0.2) is 0 Å². The first-order chi connectivity index (χ1) is 25.0. The number of unbranched alkanes of at least 4 members (excludes halogenated alkanes) is 15. The van der Waals surface area contributed by atoms with E-state index >= 15 is 0 Å².